The minimum atomic E-state index is -1.19. The number of benzene rings is 2. The van der Waals surface area contributed by atoms with Gasteiger partial charge in [-0.25, -0.2) is 14.2 Å². The molecule has 0 saturated heterocycles. The fourth-order valence-electron chi connectivity index (χ4n) is 3.81. The summed E-state index contributed by atoms with van der Waals surface area (Å²) < 4.78 is 19.9. The quantitative estimate of drug-likeness (QED) is 0.295. The Morgan fingerprint density at radius 2 is 1.91 bits per heavy atom. The van der Waals surface area contributed by atoms with Gasteiger partial charge in [0.05, 0.1) is 29.8 Å². The first-order chi connectivity index (χ1) is 15.9. The number of unbranched alkanes of at least 4 members (excludes halogenated alkanes) is 1. The molecule has 0 aliphatic heterocycles. The highest BCUT2D eigenvalue weighted by atomic mass is 19.1. The van der Waals surface area contributed by atoms with Gasteiger partial charge in [0.15, 0.2) is 0 Å². The van der Waals surface area contributed by atoms with Crippen molar-refractivity contribution in [3.63, 3.8) is 0 Å². The molecule has 3 rings (SSSR count). The van der Waals surface area contributed by atoms with Crippen molar-refractivity contribution in [2.75, 3.05) is 13.8 Å². The van der Waals surface area contributed by atoms with Gasteiger partial charge in [0.2, 0.25) is 0 Å². The summed E-state index contributed by atoms with van der Waals surface area (Å²) in [5.74, 6) is -0.508. The Kier molecular flexibility index (Phi) is 7.76. The van der Waals surface area contributed by atoms with Gasteiger partial charge in [0.25, 0.3) is 5.91 Å². The van der Waals surface area contributed by atoms with Gasteiger partial charge in [-0.15, -0.1) is 0 Å². The van der Waals surface area contributed by atoms with Gasteiger partial charge in [-0.3, -0.25) is 4.79 Å². The van der Waals surface area contributed by atoms with Crippen LogP contribution >= 0.6 is 0 Å². The van der Waals surface area contributed by atoms with E-state index in [9.17, 15) is 19.1 Å². The van der Waals surface area contributed by atoms with Crippen molar-refractivity contribution < 1.29 is 23.8 Å². The van der Waals surface area contributed by atoms with Crippen LogP contribution < -0.4 is 10.1 Å². The normalized spacial score (nSPS) is 11.8. The molecule has 174 valence electrons. The second-order valence-corrected chi connectivity index (χ2v) is 7.72. The molecule has 1 amide bonds. The number of aromatic nitrogens is 2. The maximum atomic E-state index is 13.1. The SMILES string of the molecule is COc1cccc2c1nc([C@H](CCCCC(=N)CF)NC(=O)c1ccccc1C(=O)O)n2C. The largest absolute Gasteiger partial charge is 0.494 e. The molecule has 0 bridgehead atoms. The number of aromatic carboxylic acids is 1. The summed E-state index contributed by atoms with van der Waals surface area (Å²) in [6.07, 6.45) is 2.04. The Hall–Kier alpha value is -3.75. The zero-order valence-electron chi connectivity index (χ0n) is 18.6. The van der Waals surface area contributed by atoms with Gasteiger partial charge in [-0.05, 0) is 43.5 Å². The predicted molar refractivity (Wildman–Crippen MR) is 123 cm³/mol. The molecule has 33 heavy (non-hydrogen) atoms. The number of carboxylic acid groups (broad SMARTS) is 1. The van der Waals surface area contributed by atoms with E-state index in [2.05, 4.69) is 5.32 Å². The number of amides is 1. The monoisotopic (exact) mass is 454 g/mol. The summed E-state index contributed by atoms with van der Waals surface area (Å²) in [4.78, 5) is 29.4. The van der Waals surface area contributed by atoms with Crippen LogP contribution in [0.5, 0.6) is 5.75 Å². The fraction of sp³-hybridized carbons (Fsp3) is 0.333. The van der Waals surface area contributed by atoms with Crippen molar-refractivity contribution in [3.05, 3.63) is 59.4 Å². The lowest BCUT2D eigenvalue weighted by molar-refractivity contribution is 0.0690. The van der Waals surface area contributed by atoms with Crippen molar-refractivity contribution in [1.29, 1.82) is 5.41 Å². The van der Waals surface area contributed by atoms with Crippen LogP contribution in [0.2, 0.25) is 0 Å². The number of carboxylic acids is 1. The second kappa shape index (κ2) is 10.7. The molecule has 8 nitrogen and oxygen atoms in total. The van der Waals surface area contributed by atoms with Gasteiger partial charge in [-0.2, -0.15) is 0 Å². The first kappa shape index (κ1) is 23.9. The van der Waals surface area contributed by atoms with Crippen LogP contribution in [-0.2, 0) is 7.05 Å². The predicted octanol–water partition coefficient (Wildman–Crippen LogP) is 4.30. The second-order valence-electron chi connectivity index (χ2n) is 7.72. The molecular weight excluding hydrogens is 427 g/mol. The number of ether oxygens (including phenoxy) is 1. The van der Waals surface area contributed by atoms with E-state index in [4.69, 9.17) is 15.1 Å². The highest BCUT2D eigenvalue weighted by Gasteiger charge is 2.24. The van der Waals surface area contributed by atoms with Crippen LogP contribution in [-0.4, -0.2) is 46.0 Å². The molecule has 0 saturated carbocycles. The fourth-order valence-corrected chi connectivity index (χ4v) is 3.81. The number of carbonyl (C=O) groups excluding carboxylic acids is 1. The summed E-state index contributed by atoms with van der Waals surface area (Å²) >= 11 is 0. The van der Waals surface area contributed by atoms with Crippen molar-refractivity contribution in [3.8, 4) is 5.75 Å². The van der Waals surface area contributed by atoms with Crippen LogP contribution in [0.3, 0.4) is 0 Å². The third-order valence-electron chi connectivity index (χ3n) is 5.53. The molecule has 1 atom stereocenters. The number of carbonyl (C=O) groups is 2. The summed E-state index contributed by atoms with van der Waals surface area (Å²) in [5.41, 5.74) is 1.50. The minimum Gasteiger partial charge on any atom is -0.494 e. The number of alkyl halides is 1. The maximum absolute atomic E-state index is 13.1. The standard InChI is InChI=1S/C24H27FN4O4/c1-29-19-12-7-13-20(33-2)21(19)28-22(29)18(11-6-3-8-15(26)14-25)27-23(30)16-9-4-5-10-17(16)24(31)32/h4-5,7,9-10,12-13,18,26H,3,6,8,11,14H2,1-2H3,(H,27,30)(H,31,32)/t18-/m0/s1. The number of methoxy groups -OCH3 is 1. The lowest BCUT2D eigenvalue weighted by Crippen LogP contribution is -2.31. The Morgan fingerprint density at radius 3 is 2.58 bits per heavy atom. The average molecular weight is 455 g/mol. The molecule has 0 unspecified atom stereocenters. The Morgan fingerprint density at radius 1 is 1.18 bits per heavy atom. The van der Waals surface area contributed by atoms with Crippen molar-refractivity contribution >= 4 is 28.6 Å². The van der Waals surface area contributed by atoms with Gasteiger partial charge in [-0.1, -0.05) is 24.6 Å². The molecule has 0 aliphatic rings. The van der Waals surface area contributed by atoms with Gasteiger partial charge in [0.1, 0.15) is 23.8 Å². The molecule has 3 N–H and O–H groups in total. The van der Waals surface area contributed by atoms with Crippen LogP contribution in [0, 0.1) is 5.41 Å². The smallest absolute Gasteiger partial charge is 0.336 e. The Bertz CT molecular complexity index is 1170. The number of hydrogen-bond donors (Lipinski definition) is 3. The zero-order valence-corrected chi connectivity index (χ0v) is 18.6. The first-order valence-electron chi connectivity index (χ1n) is 10.6. The molecule has 0 radical (unpaired) electrons. The highest BCUT2D eigenvalue weighted by molar-refractivity contribution is 6.04. The summed E-state index contributed by atoms with van der Waals surface area (Å²) in [7, 11) is 3.40. The third-order valence-corrected chi connectivity index (χ3v) is 5.53. The lowest BCUT2D eigenvalue weighted by Gasteiger charge is -2.19. The van der Waals surface area contributed by atoms with E-state index in [-0.39, 0.29) is 16.8 Å². The third kappa shape index (κ3) is 5.36. The molecule has 2 aromatic carbocycles. The number of fused-ring (bicyclic) bond motifs is 1. The molecule has 3 aromatic rings. The molecule has 9 heteroatoms. The number of nitrogens with one attached hydrogen (secondary N) is 2. The van der Waals surface area contributed by atoms with Crippen LogP contribution in [0.1, 0.15) is 58.3 Å². The molecule has 0 spiro atoms. The average Bonchev–Trinajstić information content (AvgIpc) is 3.17. The number of hydrogen-bond acceptors (Lipinski definition) is 5. The highest BCUT2D eigenvalue weighted by Crippen LogP contribution is 2.29. The van der Waals surface area contributed by atoms with E-state index in [0.717, 1.165) is 5.52 Å². The number of aryl methyl sites for hydroxylation is 1. The Labute approximate surface area is 190 Å². The zero-order chi connectivity index (χ0) is 24.0. The molecule has 1 heterocycles. The molecule has 0 fully saturated rings. The number of nitrogens with zero attached hydrogens (tertiary/aromatic N) is 2. The number of rotatable bonds is 11. The van der Waals surface area contributed by atoms with E-state index >= 15 is 0 Å². The van der Waals surface area contributed by atoms with Gasteiger partial charge < -0.3 is 25.1 Å². The minimum absolute atomic E-state index is 0.0402. The molecule has 0 aliphatic carbocycles. The van der Waals surface area contributed by atoms with E-state index in [1.807, 2.05) is 23.7 Å². The van der Waals surface area contributed by atoms with Crippen LogP contribution in [0.15, 0.2) is 42.5 Å². The van der Waals surface area contributed by atoms with Crippen LogP contribution in [0.4, 0.5) is 4.39 Å². The van der Waals surface area contributed by atoms with Crippen LogP contribution in [0.25, 0.3) is 11.0 Å². The van der Waals surface area contributed by atoms with Crippen molar-refractivity contribution in [2.45, 2.75) is 31.7 Å². The van der Waals surface area contributed by atoms with E-state index in [0.29, 0.717) is 42.8 Å². The van der Waals surface area contributed by atoms with Gasteiger partial charge in [0, 0.05) is 12.8 Å². The summed E-state index contributed by atoms with van der Waals surface area (Å²) in [5, 5.41) is 19.9. The molecule has 1 aromatic heterocycles. The van der Waals surface area contributed by atoms with Crippen molar-refractivity contribution in [2.24, 2.45) is 7.05 Å². The molecular formula is C24H27FN4O4. The summed E-state index contributed by atoms with van der Waals surface area (Å²) in [6, 6.07) is 11.1. The Balaban J connectivity index is 1.93. The number of para-hydroxylation sites is 1. The van der Waals surface area contributed by atoms with Crippen molar-refractivity contribution in [1.82, 2.24) is 14.9 Å². The number of halogens is 1. The lowest BCUT2D eigenvalue weighted by atomic mass is 10.0. The number of imidazole rings is 1. The summed E-state index contributed by atoms with van der Waals surface area (Å²) in [6.45, 7) is -0.767. The van der Waals surface area contributed by atoms with Gasteiger partial charge >= 0.3 is 5.97 Å². The van der Waals surface area contributed by atoms with E-state index in [1.54, 1.807) is 25.3 Å². The van der Waals surface area contributed by atoms with E-state index in [1.165, 1.54) is 12.1 Å². The topological polar surface area (TPSA) is 117 Å². The van der Waals surface area contributed by atoms with E-state index < -0.39 is 24.6 Å². The maximum Gasteiger partial charge on any atom is 0.336 e. The first-order valence-corrected chi connectivity index (χ1v) is 10.6.